The first kappa shape index (κ1) is 29.3. The number of halogens is 1. The van der Waals surface area contributed by atoms with Crippen LogP contribution >= 0.6 is 15.9 Å². The molecule has 11 heteroatoms. The summed E-state index contributed by atoms with van der Waals surface area (Å²) in [6, 6.07) is 9.64. The summed E-state index contributed by atoms with van der Waals surface area (Å²) in [4.78, 5) is 70.0. The number of carboxylic acid groups (broad SMARTS) is 1. The maximum Gasteiger partial charge on any atom is 0.307 e. The molecule has 2 fully saturated rings. The predicted molar refractivity (Wildman–Crippen MR) is 158 cm³/mol. The standard InChI is InChI=1S/C32H34BrN3O7/c1-18(37)34-14-12-19(16-34)43-27-11-10-25(33)24-13-15-35(29(38)22-8-4-5-9-23(22)32(41)42)26(28(24)27)17-36-30(39)20-6-2-3-7-21(20)31(36)40/h2-3,6-7,10-11,19,22-23,26H,4-5,8-9,12-17H2,1H3,(H,41,42)/t19?,22-,23+,26-/m1/s1. The van der Waals surface area contributed by atoms with E-state index in [1.165, 1.54) is 11.8 Å². The lowest BCUT2D eigenvalue weighted by molar-refractivity contribution is -0.153. The molecular weight excluding hydrogens is 618 g/mol. The van der Waals surface area contributed by atoms with E-state index >= 15 is 0 Å². The van der Waals surface area contributed by atoms with E-state index in [0.717, 1.165) is 22.9 Å². The van der Waals surface area contributed by atoms with Crippen LogP contribution < -0.4 is 4.74 Å². The molecule has 1 saturated heterocycles. The van der Waals surface area contributed by atoms with Gasteiger partial charge in [-0.15, -0.1) is 0 Å². The fourth-order valence-corrected chi connectivity index (χ4v) is 7.68. The molecule has 2 aromatic rings. The average molecular weight is 653 g/mol. The molecule has 0 aromatic heterocycles. The first-order valence-corrected chi connectivity index (χ1v) is 15.7. The summed E-state index contributed by atoms with van der Waals surface area (Å²) in [6.07, 6.45) is 3.32. The summed E-state index contributed by atoms with van der Waals surface area (Å²) in [7, 11) is 0. The second-order valence-electron chi connectivity index (χ2n) is 11.8. The minimum absolute atomic E-state index is 0.0234. The van der Waals surface area contributed by atoms with Crippen molar-refractivity contribution in [2.24, 2.45) is 11.8 Å². The van der Waals surface area contributed by atoms with Gasteiger partial charge in [0.2, 0.25) is 11.8 Å². The normalized spacial score (nSPS) is 25.0. The van der Waals surface area contributed by atoms with Gasteiger partial charge in [0.1, 0.15) is 11.9 Å². The number of hydrogen-bond donors (Lipinski definition) is 1. The Labute approximate surface area is 258 Å². The van der Waals surface area contributed by atoms with Crippen molar-refractivity contribution in [2.45, 2.75) is 57.6 Å². The van der Waals surface area contributed by atoms with E-state index in [9.17, 15) is 29.1 Å². The van der Waals surface area contributed by atoms with Crippen LogP contribution in [0.2, 0.25) is 0 Å². The highest BCUT2D eigenvalue weighted by atomic mass is 79.9. The van der Waals surface area contributed by atoms with E-state index in [2.05, 4.69) is 15.9 Å². The van der Waals surface area contributed by atoms with Gasteiger partial charge in [0.05, 0.1) is 42.1 Å². The Balaban J connectivity index is 1.40. The highest BCUT2D eigenvalue weighted by Gasteiger charge is 2.45. The van der Waals surface area contributed by atoms with Crippen molar-refractivity contribution in [1.82, 2.24) is 14.7 Å². The van der Waals surface area contributed by atoms with Gasteiger partial charge in [-0.2, -0.15) is 0 Å². The largest absolute Gasteiger partial charge is 0.488 e. The molecule has 0 radical (unpaired) electrons. The molecule has 3 aliphatic heterocycles. The summed E-state index contributed by atoms with van der Waals surface area (Å²) < 4.78 is 7.34. The van der Waals surface area contributed by atoms with Gasteiger partial charge in [0.15, 0.2) is 0 Å². The number of benzene rings is 2. The lowest BCUT2D eigenvalue weighted by atomic mass is 9.77. The summed E-state index contributed by atoms with van der Waals surface area (Å²) >= 11 is 3.67. The van der Waals surface area contributed by atoms with Crippen LogP contribution in [0.3, 0.4) is 0 Å². The van der Waals surface area contributed by atoms with Gasteiger partial charge in [0, 0.05) is 36.5 Å². The molecule has 1 N–H and O–H groups in total. The van der Waals surface area contributed by atoms with E-state index < -0.39 is 35.7 Å². The second kappa shape index (κ2) is 11.7. The highest BCUT2D eigenvalue weighted by molar-refractivity contribution is 9.10. The predicted octanol–water partition coefficient (Wildman–Crippen LogP) is 4.06. The smallest absolute Gasteiger partial charge is 0.307 e. The molecule has 1 unspecified atom stereocenters. The quantitative estimate of drug-likeness (QED) is 0.467. The van der Waals surface area contributed by atoms with Crippen molar-refractivity contribution in [3.05, 3.63) is 63.1 Å². The van der Waals surface area contributed by atoms with Crippen LogP contribution in [0.15, 0.2) is 40.9 Å². The number of hydrogen-bond acceptors (Lipinski definition) is 6. The first-order chi connectivity index (χ1) is 20.7. The molecule has 1 aliphatic carbocycles. The second-order valence-corrected chi connectivity index (χ2v) is 12.7. The van der Waals surface area contributed by atoms with Crippen molar-refractivity contribution in [1.29, 1.82) is 0 Å². The van der Waals surface area contributed by atoms with Crippen LogP contribution in [0.4, 0.5) is 0 Å². The SMILES string of the molecule is CC(=O)N1CCC(Oc2ccc(Br)c3c2[C@@H](CN2C(=O)c4ccccc4C2=O)N(C(=O)[C@@H]2CCCC[C@@H]2C(=O)O)CC3)C1. The number of likely N-dealkylation sites (tertiary alicyclic amines) is 1. The molecule has 2 aromatic carbocycles. The maximum atomic E-state index is 14.3. The van der Waals surface area contributed by atoms with Crippen LogP contribution in [0, 0.1) is 11.8 Å². The molecule has 4 atom stereocenters. The zero-order valence-electron chi connectivity index (χ0n) is 24.0. The minimum Gasteiger partial charge on any atom is -0.488 e. The van der Waals surface area contributed by atoms with Gasteiger partial charge in [0.25, 0.3) is 11.8 Å². The Morgan fingerprint density at radius 2 is 1.63 bits per heavy atom. The fourth-order valence-electron chi connectivity index (χ4n) is 7.14. The van der Waals surface area contributed by atoms with Crippen molar-refractivity contribution in [2.75, 3.05) is 26.2 Å². The number of rotatable bonds is 6. The first-order valence-electron chi connectivity index (χ1n) is 14.9. The van der Waals surface area contributed by atoms with E-state index in [-0.39, 0.29) is 24.5 Å². The number of nitrogens with zero attached hydrogens (tertiary/aromatic N) is 3. The molecular formula is C32H34BrN3O7. The van der Waals surface area contributed by atoms with Crippen LogP contribution in [0.1, 0.15) is 76.9 Å². The molecule has 1 saturated carbocycles. The molecule has 6 rings (SSSR count). The van der Waals surface area contributed by atoms with Crippen LogP contribution in [0.5, 0.6) is 5.75 Å². The monoisotopic (exact) mass is 651 g/mol. The van der Waals surface area contributed by atoms with Gasteiger partial charge in [-0.3, -0.25) is 28.9 Å². The van der Waals surface area contributed by atoms with Crippen molar-refractivity contribution >= 4 is 45.5 Å². The number of amides is 4. The van der Waals surface area contributed by atoms with Gasteiger partial charge in [-0.25, -0.2) is 0 Å². The van der Waals surface area contributed by atoms with Crippen LogP contribution in [-0.2, 0) is 20.8 Å². The Hall–Kier alpha value is -3.73. The molecule has 0 spiro atoms. The van der Waals surface area contributed by atoms with E-state index in [1.54, 1.807) is 34.1 Å². The van der Waals surface area contributed by atoms with Crippen LogP contribution in [0.25, 0.3) is 0 Å². The number of carbonyl (C=O) groups is 5. The molecule has 0 bridgehead atoms. The molecule has 10 nitrogen and oxygen atoms in total. The molecule has 4 aliphatic rings. The van der Waals surface area contributed by atoms with Crippen molar-refractivity contribution in [3.8, 4) is 5.75 Å². The minimum atomic E-state index is -0.976. The van der Waals surface area contributed by atoms with Crippen LogP contribution in [-0.4, -0.2) is 81.7 Å². The summed E-state index contributed by atoms with van der Waals surface area (Å²) in [6.45, 7) is 2.77. The molecule has 226 valence electrons. The van der Waals surface area contributed by atoms with Gasteiger partial charge in [-0.05, 0) is 49.1 Å². The van der Waals surface area contributed by atoms with Gasteiger partial charge >= 0.3 is 5.97 Å². The maximum absolute atomic E-state index is 14.3. The lowest BCUT2D eigenvalue weighted by Gasteiger charge is -2.43. The zero-order valence-corrected chi connectivity index (χ0v) is 25.5. The number of carboxylic acids is 1. The number of fused-ring (bicyclic) bond motifs is 2. The van der Waals surface area contributed by atoms with E-state index in [4.69, 9.17) is 4.74 Å². The number of carbonyl (C=O) groups excluding carboxylic acids is 4. The van der Waals surface area contributed by atoms with E-state index in [0.29, 0.717) is 67.8 Å². The lowest BCUT2D eigenvalue weighted by Crippen LogP contribution is -2.50. The van der Waals surface area contributed by atoms with Crippen molar-refractivity contribution in [3.63, 3.8) is 0 Å². The zero-order chi connectivity index (χ0) is 30.4. The Morgan fingerprint density at radius 3 is 2.26 bits per heavy atom. The van der Waals surface area contributed by atoms with Crippen molar-refractivity contribution < 1.29 is 33.8 Å². The number of ether oxygens (including phenoxy) is 1. The fraction of sp³-hybridized carbons (Fsp3) is 0.469. The molecule has 4 amide bonds. The Bertz CT molecular complexity index is 1470. The summed E-state index contributed by atoms with van der Waals surface area (Å²) in [5.74, 6) is -3.05. The third-order valence-electron chi connectivity index (χ3n) is 9.37. The molecule has 3 heterocycles. The van der Waals surface area contributed by atoms with E-state index in [1.807, 2.05) is 12.1 Å². The average Bonchev–Trinajstić information content (AvgIpc) is 3.57. The van der Waals surface area contributed by atoms with Gasteiger partial charge in [-0.1, -0.05) is 40.9 Å². The Kier molecular flexibility index (Phi) is 8.02. The third-order valence-corrected chi connectivity index (χ3v) is 10.1. The number of aliphatic carboxylic acids is 1. The topological polar surface area (TPSA) is 125 Å². The highest BCUT2D eigenvalue weighted by Crippen LogP contribution is 2.44. The third kappa shape index (κ3) is 5.32. The van der Waals surface area contributed by atoms with Gasteiger partial charge < -0.3 is 19.6 Å². The summed E-state index contributed by atoms with van der Waals surface area (Å²) in [5, 5.41) is 9.96. The Morgan fingerprint density at radius 1 is 0.953 bits per heavy atom. The summed E-state index contributed by atoms with van der Waals surface area (Å²) in [5.41, 5.74) is 2.26. The molecule has 43 heavy (non-hydrogen) atoms. The number of imide groups is 1.